The Morgan fingerprint density at radius 3 is 2.71 bits per heavy atom. The Morgan fingerprint density at radius 1 is 1.57 bits per heavy atom. The van der Waals surface area contributed by atoms with E-state index in [0.29, 0.717) is 12.0 Å². The van der Waals surface area contributed by atoms with Crippen LogP contribution in [0.4, 0.5) is 5.13 Å². The molecule has 1 unspecified atom stereocenters. The first-order valence-corrected chi connectivity index (χ1v) is 6.21. The molecule has 1 atom stereocenters. The average Bonchev–Trinajstić information content (AvgIpc) is 2.86. The molecule has 0 amide bonds. The van der Waals surface area contributed by atoms with Gasteiger partial charge in [-0.1, -0.05) is 25.2 Å². The summed E-state index contributed by atoms with van der Waals surface area (Å²) in [5.74, 6) is 1.49. The highest BCUT2D eigenvalue weighted by Gasteiger charge is 2.33. The van der Waals surface area contributed by atoms with Crippen LogP contribution < -0.4 is 5.32 Å². The molecule has 1 aromatic heterocycles. The largest absolute Gasteiger partial charge is 0.357 e. The molecule has 0 spiro atoms. The normalized spacial score (nSPS) is 18.5. The summed E-state index contributed by atoms with van der Waals surface area (Å²) >= 11 is 6.51. The maximum Gasteiger partial charge on any atom is 0.204 e. The van der Waals surface area contributed by atoms with Crippen LogP contribution in [-0.2, 0) is 0 Å². The van der Waals surface area contributed by atoms with E-state index < -0.39 is 0 Å². The fourth-order valence-corrected chi connectivity index (χ4v) is 2.55. The van der Waals surface area contributed by atoms with Gasteiger partial charge in [-0.25, -0.2) is 0 Å². The van der Waals surface area contributed by atoms with Crippen LogP contribution in [0.3, 0.4) is 0 Å². The van der Waals surface area contributed by atoms with Crippen LogP contribution >= 0.6 is 23.6 Å². The molecule has 0 radical (unpaired) electrons. The minimum atomic E-state index is 0.559. The number of aromatic nitrogens is 2. The number of rotatable bonds is 4. The van der Waals surface area contributed by atoms with Crippen molar-refractivity contribution in [3.8, 4) is 0 Å². The summed E-state index contributed by atoms with van der Waals surface area (Å²) in [5, 5.41) is 11.3. The number of hydrogen-bond acceptors (Lipinski definition) is 4. The lowest BCUT2D eigenvalue weighted by atomic mass is 10.00. The Kier molecular flexibility index (Phi) is 2.88. The number of nitrogens with zero attached hydrogens (tertiary/aromatic N) is 1. The van der Waals surface area contributed by atoms with Gasteiger partial charge in [-0.2, -0.15) is 0 Å². The van der Waals surface area contributed by atoms with Gasteiger partial charge in [-0.05, 0) is 36.9 Å². The number of anilines is 1. The van der Waals surface area contributed by atoms with E-state index in [1.165, 1.54) is 24.2 Å². The van der Waals surface area contributed by atoms with E-state index in [9.17, 15) is 0 Å². The van der Waals surface area contributed by atoms with Crippen LogP contribution in [0.5, 0.6) is 0 Å². The smallest absolute Gasteiger partial charge is 0.204 e. The van der Waals surface area contributed by atoms with Crippen LogP contribution in [0, 0.1) is 15.8 Å². The first-order valence-electron chi connectivity index (χ1n) is 4.99. The van der Waals surface area contributed by atoms with Crippen molar-refractivity contribution >= 4 is 28.7 Å². The predicted octanol–water partition coefficient (Wildman–Crippen LogP) is 3.05. The van der Waals surface area contributed by atoms with E-state index in [1.54, 1.807) is 0 Å². The summed E-state index contributed by atoms with van der Waals surface area (Å²) in [4.78, 5) is 0. The second-order valence-corrected chi connectivity index (χ2v) is 5.84. The molecule has 0 saturated heterocycles. The zero-order valence-electron chi connectivity index (χ0n) is 8.41. The summed E-state index contributed by atoms with van der Waals surface area (Å²) in [5.41, 5.74) is 0. The minimum Gasteiger partial charge on any atom is -0.357 e. The highest BCUT2D eigenvalue weighted by Crippen LogP contribution is 2.37. The van der Waals surface area contributed by atoms with Crippen molar-refractivity contribution in [1.82, 2.24) is 10.2 Å². The molecule has 5 heteroatoms. The van der Waals surface area contributed by atoms with Crippen LogP contribution in [-0.4, -0.2) is 16.2 Å². The van der Waals surface area contributed by atoms with Gasteiger partial charge in [0.05, 0.1) is 0 Å². The molecule has 2 rings (SSSR count). The molecule has 1 aliphatic carbocycles. The summed E-state index contributed by atoms with van der Waals surface area (Å²) in [6.07, 6.45) is 2.71. The third kappa shape index (κ3) is 2.33. The van der Waals surface area contributed by atoms with Gasteiger partial charge in [-0.3, -0.25) is 5.10 Å². The molecule has 1 saturated carbocycles. The van der Waals surface area contributed by atoms with Gasteiger partial charge < -0.3 is 5.32 Å². The highest BCUT2D eigenvalue weighted by atomic mass is 32.1. The Labute approximate surface area is 92.9 Å². The molecular weight excluding hydrogens is 214 g/mol. The van der Waals surface area contributed by atoms with Gasteiger partial charge in [0.2, 0.25) is 5.13 Å². The molecular formula is C9H15N3S2. The van der Waals surface area contributed by atoms with Gasteiger partial charge >= 0.3 is 0 Å². The van der Waals surface area contributed by atoms with E-state index in [1.807, 2.05) is 0 Å². The van der Waals surface area contributed by atoms with Gasteiger partial charge in [0.15, 0.2) is 3.95 Å². The zero-order valence-corrected chi connectivity index (χ0v) is 10.0. The Morgan fingerprint density at radius 2 is 2.29 bits per heavy atom. The maximum absolute atomic E-state index is 4.99. The van der Waals surface area contributed by atoms with Crippen LogP contribution in [0.15, 0.2) is 0 Å². The molecule has 3 nitrogen and oxygen atoms in total. The fraction of sp³-hybridized carbons (Fsp3) is 0.778. The molecule has 0 aliphatic heterocycles. The van der Waals surface area contributed by atoms with E-state index >= 15 is 0 Å². The lowest BCUT2D eigenvalue weighted by Gasteiger charge is -2.21. The maximum atomic E-state index is 4.99. The standard InChI is InChI=1S/C9H15N3S2/c1-5(2)7(6-3-4-6)10-8-11-12-9(13)14-8/h5-7H,3-4H2,1-2H3,(H,10,11)(H,12,13). The molecule has 14 heavy (non-hydrogen) atoms. The minimum absolute atomic E-state index is 0.559. The average molecular weight is 229 g/mol. The van der Waals surface area contributed by atoms with Crippen molar-refractivity contribution in [2.75, 3.05) is 5.32 Å². The van der Waals surface area contributed by atoms with Crippen molar-refractivity contribution < 1.29 is 0 Å². The monoisotopic (exact) mass is 229 g/mol. The first-order chi connectivity index (χ1) is 6.66. The van der Waals surface area contributed by atoms with Crippen molar-refractivity contribution in [2.24, 2.45) is 11.8 Å². The number of aromatic amines is 1. The molecule has 1 heterocycles. The number of nitrogens with one attached hydrogen (secondary N) is 2. The van der Waals surface area contributed by atoms with E-state index in [4.69, 9.17) is 12.2 Å². The first kappa shape index (κ1) is 10.1. The van der Waals surface area contributed by atoms with Gasteiger partial charge in [0.1, 0.15) is 0 Å². The van der Waals surface area contributed by atoms with Crippen molar-refractivity contribution in [2.45, 2.75) is 32.7 Å². The van der Waals surface area contributed by atoms with E-state index in [-0.39, 0.29) is 0 Å². The SMILES string of the molecule is CC(C)C(Nc1n[nH]c(=S)s1)C1CC1. The molecule has 1 aliphatic rings. The lowest BCUT2D eigenvalue weighted by molar-refractivity contribution is 0.476. The van der Waals surface area contributed by atoms with Crippen LogP contribution in [0.25, 0.3) is 0 Å². The van der Waals surface area contributed by atoms with E-state index in [0.717, 1.165) is 15.0 Å². The predicted molar refractivity (Wildman–Crippen MR) is 62.3 cm³/mol. The lowest BCUT2D eigenvalue weighted by Crippen LogP contribution is -2.27. The van der Waals surface area contributed by atoms with Gasteiger partial charge in [0, 0.05) is 6.04 Å². The fourth-order valence-electron chi connectivity index (χ4n) is 1.72. The van der Waals surface area contributed by atoms with Gasteiger partial charge in [-0.15, -0.1) is 5.10 Å². The van der Waals surface area contributed by atoms with Crippen LogP contribution in [0.1, 0.15) is 26.7 Å². The van der Waals surface area contributed by atoms with E-state index in [2.05, 4.69) is 29.4 Å². The second-order valence-electron chi connectivity index (χ2n) is 4.17. The Hall–Kier alpha value is -0.420. The quantitative estimate of drug-likeness (QED) is 0.780. The summed E-state index contributed by atoms with van der Waals surface area (Å²) in [6.45, 7) is 4.50. The molecule has 78 valence electrons. The number of hydrogen-bond donors (Lipinski definition) is 2. The Bertz CT molecular complexity index is 349. The molecule has 0 aromatic carbocycles. The summed E-state index contributed by atoms with van der Waals surface area (Å²) < 4.78 is 0.741. The zero-order chi connectivity index (χ0) is 10.1. The van der Waals surface area contributed by atoms with Gasteiger partial charge in [0.25, 0.3) is 0 Å². The number of H-pyrrole nitrogens is 1. The third-order valence-corrected chi connectivity index (χ3v) is 3.60. The molecule has 1 aromatic rings. The third-order valence-electron chi connectivity index (χ3n) is 2.58. The van der Waals surface area contributed by atoms with Crippen LogP contribution in [0.2, 0.25) is 0 Å². The van der Waals surface area contributed by atoms with Crippen molar-refractivity contribution in [3.63, 3.8) is 0 Å². The van der Waals surface area contributed by atoms with Crippen molar-refractivity contribution in [1.29, 1.82) is 0 Å². The molecule has 1 fully saturated rings. The molecule has 2 N–H and O–H groups in total. The second kappa shape index (κ2) is 3.98. The topological polar surface area (TPSA) is 40.7 Å². The molecule has 0 bridgehead atoms. The highest BCUT2D eigenvalue weighted by molar-refractivity contribution is 7.73. The Balaban J connectivity index is 2.03. The van der Waals surface area contributed by atoms with Crippen molar-refractivity contribution in [3.05, 3.63) is 3.95 Å². The summed E-state index contributed by atoms with van der Waals surface area (Å²) in [7, 11) is 0. The summed E-state index contributed by atoms with van der Waals surface area (Å²) in [6, 6.07) is 0.559.